The lowest BCUT2D eigenvalue weighted by Crippen LogP contribution is -2.24. The van der Waals surface area contributed by atoms with Gasteiger partial charge in [0.25, 0.3) is 0 Å². The summed E-state index contributed by atoms with van der Waals surface area (Å²) in [5.74, 6) is -0.126. The zero-order valence-corrected chi connectivity index (χ0v) is 10.8. The van der Waals surface area contributed by atoms with Gasteiger partial charge in [-0.15, -0.1) is 0 Å². The first-order valence-corrected chi connectivity index (χ1v) is 6.13. The molecule has 0 unspecified atom stereocenters. The normalized spacial score (nSPS) is 11.0. The van der Waals surface area contributed by atoms with E-state index in [1.54, 1.807) is 0 Å². The second-order valence-corrected chi connectivity index (χ2v) is 4.52. The van der Waals surface area contributed by atoms with Crippen LogP contribution >= 0.6 is 15.9 Å². The van der Waals surface area contributed by atoms with Crippen LogP contribution in [0.1, 0.15) is 25.8 Å². The van der Waals surface area contributed by atoms with Gasteiger partial charge >= 0.3 is 0 Å². The summed E-state index contributed by atoms with van der Waals surface area (Å²) in [5.41, 5.74) is 0.772. The fourth-order valence-electron chi connectivity index (χ4n) is 1.56. The van der Waals surface area contributed by atoms with Crippen LogP contribution in [0.2, 0.25) is 0 Å². The lowest BCUT2D eigenvalue weighted by atomic mass is 10.2. The standard InChI is InChI=1S/C12H17BrFN/c1-3-7-15(4-2)9-10-5-6-11(13)8-12(10)14/h5-6,8H,3-4,7,9H2,1-2H3. The van der Waals surface area contributed by atoms with Gasteiger partial charge in [-0.25, -0.2) is 4.39 Å². The minimum atomic E-state index is -0.126. The Morgan fingerprint density at radius 2 is 2.07 bits per heavy atom. The maximum Gasteiger partial charge on any atom is 0.128 e. The fraction of sp³-hybridized carbons (Fsp3) is 0.500. The Labute approximate surface area is 99.4 Å². The number of halogens is 2. The third-order valence-electron chi connectivity index (χ3n) is 2.40. The van der Waals surface area contributed by atoms with Gasteiger partial charge in [0.1, 0.15) is 5.82 Å². The molecule has 0 aliphatic heterocycles. The summed E-state index contributed by atoms with van der Waals surface area (Å²) >= 11 is 3.26. The Kier molecular flexibility index (Phi) is 5.26. The van der Waals surface area contributed by atoms with E-state index in [1.165, 1.54) is 6.07 Å². The van der Waals surface area contributed by atoms with Crippen LogP contribution in [-0.2, 0) is 6.54 Å². The first-order chi connectivity index (χ1) is 7.17. The van der Waals surface area contributed by atoms with Crippen molar-refractivity contribution in [2.45, 2.75) is 26.8 Å². The Bertz CT molecular complexity index is 314. The summed E-state index contributed by atoms with van der Waals surface area (Å²) in [4.78, 5) is 2.24. The van der Waals surface area contributed by atoms with Crippen LogP contribution in [0.3, 0.4) is 0 Å². The van der Waals surface area contributed by atoms with Crippen molar-refractivity contribution in [3.63, 3.8) is 0 Å². The molecule has 3 heteroatoms. The molecule has 0 aromatic heterocycles. The molecule has 0 aliphatic rings. The van der Waals surface area contributed by atoms with E-state index in [-0.39, 0.29) is 5.82 Å². The third kappa shape index (κ3) is 3.92. The summed E-state index contributed by atoms with van der Waals surface area (Å²) in [6.07, 6.45) is 1.10. The van der Waals surface area contributed by atoms with E-state index in [0.717, 1.165) is 29.5 Å². The number of rotatable bonds is 5. The molecule has 0 atom stereocenters. The van der Waals surface area contributed by atoms with Gasteiger partial charge in [-0.3, -0.25) is 4.90 Å². The minimum Gasteiger partial charge on any atom is -0.299 e. The average molecular weight is 274 g/mol. The van der Waals surface area contributed by atoms with Crippen molar-refractivity contribution < 1.29 is 4.39 Å². The number of nitrogens with zero attached hydrogens (tertiary/aromatic N) is 1. The van der Waals surface area contributed by atoms with Crippen molar-refractivity contribution in [1.82, 2.24) is 4.90 Å². The highest BCUT2D eigenvalue weighted by atomic mass is 79.9. The Morgan fingerprint density at radius 3 is 2.60 bits per heavy atom. The van der Waals surface area contributed by atoms with Crippen molar-refractivity contribution >= 4 is 15.9 Å². The zero-order chi connectivity index (χ0) is 11.3. The molecule has 1 nitrogen and oxygen atoms in total. The summed E-state index contributed by atoms with van der Waals surface area (Å²) < 4.78 is 14.3. The van der Waals surface area contributed by atoms with E-state index >= 15 is 0 Å². The molecule has 0 amide bonds. The van der Waals surface area contributed by atoms with E-state index in [0.29, 0.717) is 6.54 Å². The van der Waals surface area contributed by atoms with Gasteiger partial charge in [0.15, 0.2) is 0 Å². The quantitative estimate of drug-likeness (QED) is 0.789. The molecule has 0 fully saturated rings. The van der Waals surface area contributed by atoms with Crippen LogP contribution < -0.4 is 0 Å². The van der Waals surface area contributed by atoms with Gasteiger partial charge in [-0.1, -0.05) is 35.8 Å². The van der Waals surface area contributed by atoms with Crippen LogP contribution in [0.4, 0.5) is 4.39 Å². The topological polar surface area (TPSA) is 3.24 Å². The van der Waals surface area contributed by atoms with Crippen molar-refractivity contribution in [2.24, 2.45) is 0 Å². The SMILES string of the molecule is CCCN(CC)Cc1ccc(Br)cc1F. The summed E-state index contributed by atoms with van der Waals surface area (Å²) in [6, 6.07) is 5.26. The molecule has 1 aromatic carbocycles. The molecule has 84 valence electrons. The molecular weight excluding hydrogens is 257 g/mol. The van der Waals surface area contributed by atoms with Crippen LogP contribution in [0.25, 0.3) is 0 Å². The number of benzene rings is 1. The number of hydrogen-bond acceptors (Lipinski definition) is 1. The Hall–Kier alpha value is -0.410. The van der Waals surface area contributed by atoms with Crippen LogP contribution in [-0.4, -0.2) is 18.0 Å². The number of hydrogen-bond donors (Lipinski definition) is 0. The molecule has 0 N–H and O–H groups in total. The highest BCUT2D eigenvalue weighted by Crippen LogP contribution is 2.16. The fourth-order valence-corrected chi connectivity index (χ4v) is 1.89. The van der Waals surface area contributed by atoms with Gasteiger partial charge < -0.3 is 0 Å². The first-order valence-electron chi connectivity index (χ1n) is 5.33. The summed E-state index contributed by atoms with van der Waals surface area (Å²) in [6.45, 7) is 6.92. The smallest absolute Gasteiger partial charge is 0.128 e. The second-order valence-electron chi connectivity index (χ2n) is 3.60. The van der Waals surface area contributed by atoms with Gasteiger partial charge in [0.05, 0.1) is 0 Å². The van der Waals surface area contributed by atoms with Gasteiger partial charge in [0.2, 0.25) is 0 Å². The first kappa shape index (κ1) is 12.7. The van der Waals surface area contributed by atoms with Gasteiger partial charge in [0, 0.05) is 16.6 Å². The molecule has 1 aromatic rings. The Balaban J connectivity index is 2.70. The highest BCUT2D eigenvalue weighted by Gasteiger charge is 2.07. The van der Waals surface area contributed by atoms with Crippen LogP contribution in [0, 0.1) is 5.82 Å². The molecule has 1 rings (SSSR count). The van der Waals surface area contributed by atoms with Crippen molar-refractivity contribution in [3.05, 3.63) is 34.1 Å². The predicted octanol–water partition coefficient (Wildman–Crippen LogP) is 3.82. The van der Waals surface area contributed by atoms with Gasteiger partial charge in [-0.2, -0.15) is 0 Å². The van der Waals surface area contributed by atoms with Gasteiger partial charge in [-0.05, 0) is 31.6 Å². The summed E-state index contributed by atoms with van der Waals surface area (Å²) in [7, 11) is 0. The second kappa shape index (κ2) is 6.23. The molecule has 0 heterocycles. The van der Waals surface area contributed by atoms with E-state index in [2.05, 4.69) is 34.7 Å². The van der Waals surface area contributed by atoms with Crippen molar-refractivity contribution in [2.75, 3.05) is 13.1 Å². The average Bonchev–Trinajstić information content (AvgIpc) is 2.21. The maximum atomic E-state index is 13.5. The minimum absolute atomic E-state index is 0.126. The molecule has 15 heavy (non-hydrogen) atoms. The largest absolute Gasteiger partial charge is 0.299 e. The zero-order valence-electron chi connectivity index (χ0n) is 9.26. The molecular formula is C12H17BrFN. The lowest BCUT2D eigenvalue weighted by molar-refractivity contribution is 0.276. The molecule has 0 spiro atoms. The summed E-state index contributed by atoms with van der Waals surface area (Å²) in [5, 5.41) is 0. The molecule has 0 radical (unpaired) electrons. The van der Waals surface area contributed by atoms with Crippen molar-refractivity contribution in [3.8, 4) is 0 Å². The Morgan fingerprint density at radius 1 is 1.33 bits per heavy atom. The molecule has 0 aliphatic carbocycles. The lowest BCUT2D eigenvalue weighted by Gasteiger charge is -2.19. The van der Waals surface area contributed by atoms with Crippen LogP contribution in [0.5, 0.6) is 0 Å². The maximum absolute atomic E-state index is 13.5. The molecule has 0 saturated carbocycles. The van der Waals surface area contributed by atoms with Crippen LogP contribution in [0.15, 0.2) is 22.7 Å². The highest BCUT2D eigenvalue weighted by molar-refractivity contribution is 9.10. The van der Waals surface area contributed by atoms with E-state index in [4.69, 9.17) is 0 Å². The van der Waals surface area contributed by atoms with E-state index < -0.39 is 0 Å². The van der Waals surface area contributed by atoms with E-state index in [9.17, 15) is 4.39 Å². The third-order valence-corrected chi connectivity index (χ3v) is 2.89. The monoisotopic (exact) mass is 273 g/mol. The molecule has 0 bridgehead atoms. The van der Waals surface area contributed by atoms with E-state index in [1.807, 2.05) is 12.1 Å². The van der Waals surface area contributed by atoms with Crippen molar-refractivity contribution in [1.29, 1.82) is 0 Å². The predicted molar refractivity (Wildman–Crippen MR) is 65.3 cm³/mol. The molecule has 0 saturated heterocycles.